The SMILES string of the molecule is C#CCNCc1cccc(OC)c1OCC.Cl. The highest BCUT2D eigenvalue weighted by molar-refractivity contribution is 5.85. The molecule has 1 aromatic carbocycles. The van der Waals surface area contributed by atoms with E-state index < -0.39 is 0 Å². The number of rotatable bonds is 6. The van der Waals surface area contributed by atoms with Crippen LogP contribution in [0, 0.1) is 12.3 Å². The summed E-state index contributed by atoms with van der Waals surface area (Å²) in [6, 6.07) is 5.82. The molecule has 17 heavy (non-hydrogen) atoms. The third-order valence-electron chi connectivity index (χ3n) is 2.11. The van der Waals surface area contributed by atoms with Crippen LogP contribution < -0.4 is 14.8 Å². The van der Waals surface area contributed by atoms with Crippen LogP contribution in [0.3, 0.4) is 0 Å². The zero-order valence-corrected chi connectivity index (χ0v) is 11.0. The Morgan fingerprint density at radius 3 is 2.76 bits per heavy atom. The van der Waals surface area contributed by atoms with Crippen molar-refractivity contribution in [2.75, 3.05) is 20.3 Å². The summed E-state index contributed by atoms with van der Waals surface area (Å²) in [5.41, 5.74) is 1.05. The number of methoxy groups -OCH3 is 1. The Balaban J connectivity index is 0.00000256. The highest BCUT2D eigenvalue weighted by atomic mass is 35.5. The molecule has 0 fully saturated rings. The highest BCUT2D eigenvalue weighted by Crippen LogP contribution is 2.30. The van der Waals surface area contributed by atoms with Gasteiger partial charge < -0.3 is 14.8 Å². The predicted molar refractivity (Wildman–Crippen MR) is 72.0 cm³/mol. The lowest BCUT2D eigenvalue weighted by molar-refractivity contribution is 0.307. The van der Waals surface area contributed by atoms with E-state index in [0.717, 1.165) is 17.1 Å². The Labute approximate surface area is 109 Å². The van der Waals surface area contributed by atoms with Crippen molar-refractivity contribution in [3.63, 3.8) is 0 Å². The minimum atomic E-state index is 0. The Bertz CT molecular complexity index is 374. The normalized spacial score (nSPS) is 9.00. The predicted octanol–water partition coefficient (Wildman–Crippen LogP) is 2.24. The number of para-hydroxylation sites is 1. The smallest absolute Gasteiger partial charge is 0.165 e. The maximum atomic E-state index is 5.57. The lowest BCUT2D eigenvalue weighted by atomic mass is 10.2. The summed E-state index contributed by atoms with van der Waals surface area (Å²) in [7, 11) is 1.64. The standard InChI is InChI=1S/C13H17NO2.ClH/c1-4-9-14-10-11-7-6-8-12(15-3)13(11)16-5-2;/h1,6-8,14H,5,9-10H2,2-3H3;1H. The van der Waals surface area contributed by atoms with Crippen LogP contribution in [-0.4, -0.2) is 20.3 Å². The van der Waals surface area contributed by atoms with Gasteiger partial charge in [0.15, 0.2) is 11.5 Å². The fourth-order valence-electron chi connectivity index (χ4n) is 1.44. The second-order valence-corrected chi connectivity index (χ2v) is 3.19. The van der Waals surface area contributed by atoms with Crippen LogP contribution in [0.1, 0.15) is 12.5 Å². The molecule has 0 saturated carbocycles. The molecule has 0 aliphatic heterocycles. The maximum absolute atomic E-state index is 5.57. The average molecular weight is 256 g/mol. The molecule has 0 aliphatic rings. The number of benzene rings is 1. The topological polar surface area (TPSA) is 30.5 Å². The largest absolute Gasteiger partial charge is 0.493 e. The first-order chi connectivity index (χ1) is 7.83. The van der Waals surface area contributed by atoms with Crippen LogP contribution >= 0.6 is 12.4 Å². The number of nitrogens with one attached hydrogen (secondary N) is 1. The number of halogens is 1. The van der Waals surface area contributed by atoms with Crippen LogP contribution in [-0.2, 0) is 6.54 Å². The molecule has 3 nitrogen and oxygen atoms in total. The Hall–Kier alpha value is -1.37. The molecule has 0 heterocycles. The molecule has 0 radical (unpaired) electrons. The minimum absolute atomic E-state index is 0. The van der Waals surface area contributed by atoms with Gasteiger partial charge >= 0.3 is 0 Å². The van der Waals surface area contributed by atoms with Gasteiger partial charge in [-0.05, 0) is 13.0 Å². The van der Waals surface area contributed by atoms with E-state index in [1.54, 1.807) is 7.11 Å². The van der Waals surface area contributed by atoms with Crippen molar-refractivity contribution in [1.29, 1.82) is 0 Å². The van der Waals surface area contributed by atoms with Crippen molar-refractivity contribution in [3.8, 4) is 23.8 Å². The van der Waals surface area contributed by atoms with Crippen LogP contribution in [0.4, 0.5) is 0 Å². The van der Waals surface area contributed by atoms with E-state index >= 15 is 0 Å². The Morgan fingerprint density at radius 1 is 1.41 bits per heavy atom. The first kappa shape index (κ1) is 15.6. The number of hydrogen-bond acceptors (Lipinski definition) is 3. The summed E-state index contributed by atoms with van der Waals surface area (Å²) < 4.78 is 10.8. The van der Waals surface area contributed by atoms with Crippen LogP contribution in [0.2, 0.25) is 0 Å². The van der Waals surface area contributed by atoms with Gasteiger partial charge in [0.1, 0.15) is 0 Å². The van der Waals surface area contributed by atoms with Gasteiger partial charge in [-0.1, -0.05) is 18.1 Å². The number of terminal acetylenes is 1. The van der Waals surface area contributed by atoms with Gasteiger partial charge in [-0.15, -0.1) is 18.8 Å². The molecule has 1 rings (SSSR count). The molecule has 0 aliphatic carbocycles. The van der Waals surface area contributed by atoms with Gasteiger partial charge in [0, 0.05) is 12.1 Å². The van der Waals surface area contributed by atoms with Crippen LogP contribution in [0.25, 0.3) is 0 Å². The zero-order valence-electron chi connectivity index (χ0n) is 10.2. The molecule has 1 aromatic rings. The van der Waals surface area contributed by atoms with E-state index in [2.05, 4.69) is 11.2 Å². The van der Waals surface area contributed by atoms with Crippen molar-refractivity contribution < 1.29 is 9.47 Å². The summed E-state index contributed by atoms with van der Waals surface area (Å²) >= 11 is 0. The monoisotopic (exact) mass is 255 g/mol. The van der Waals surface area contributed by atoms with Gasteiger partial charge in [-0.2, -0.15) is 0 Å². The van der Waals surface area contributed by atoms with E-state index in [4.69, 9.17) is 15.9 Å². The quantitative estimate of drug-likeness (QED) is 0.625. The van der Waals surface area contributed by atoms with E-state index in [9.17, 15) is 0 Å². The fourth-order valence-corrected chi connectivity index (χ4v) is 1.44. The van der Waals surface area contributed by atoms with Gasteiger partial charge in [0.2, 0.25) is 0 Å². The number of ether oxygens (including phenoxy) is 2. The highest BCUT2D eigenvalue weighted by Gasteiger charge is 2.09. The van der Waals surface area contributed by atoms with Gasteiger partial charge in [0.05, 0.1) is 20.3 Å². The van der Waals surface area contributed by atoms with E-state index in [0.29, 0.717) is 19.7 Å². The lowest BCUT2D eigenvalue weighted by Gasteiger charge is -2.13. The second-order valence-electron chi connectivity index (χ2n) is 3.19. The van der Waals surface area contributed by atoms with Crippen molar-refractivity contribution in [2.45, 2.75) is 13.5 Å². The summed E-state index contributed by atoms with van der Waals surface area (Å²) in [5.74, 6) is 4.08. The molecule has 0 saturated heterocycles. The second kappa shape index (κ2) is 8.74. The molecule has 4 heteroatoms. The lowest BCUT2D eigenvalue weighted by Crippen LogP contribution is -2.14. The molecule has 0 spiro atoms. The molecule has 0 bridgehead atoms. The van der Waals surface area contributed by atoms with Gasteiger partial charge in [-0.25, -0.2) is 0 Å². The molecule has 0 aromatic heterocycles. The van der Waals surface area contributed by atoms with E-state index in [1.165, 1.54) is 0 Å². The fraction of sp³-hybridized carbons (Fsp3) is 0.385. The third kappa shape index (κ3) is 4.56. The van der Waals surface area contributed by atoms with Crippen LogP contribution in [0.5, 0.6) is 11.5 Å². The average Bonchev–Trinajstić information content (AvgIpc) is 2.31. The van der Waals surface area contributed by atoms with Crippen molar-refractivity contribution in [1.82, 2.24) is 5.32 Å². The summed E-state index contributed by atoms with van der Waals surface area (Å²) in [5, 5.41) is 3.13. The van der Waals surface area contributed by atoms with Crippen molar-refractivity contribution in [3.05, 3.63) is 23.8 Å². The van der Waals surface area contributed by atoms with Gasteiger partial charge in [0.25, 0.3) is 0 Å². The van der Waals surface area contributed by atoms with Crippen molar-refractivity contribution in [2.24, 2.45) is 0 Å². The summed E-state index contributed by atoms with van der Waals surface area (Å²) in [4.78, 5) is 0. The Morgan fingerprint density at radius 2 is 2.18 bits per heavy atom. The molecule has 0 amide bonds. The van der Waals surface area contributed by atoms with Crippen molar-refractivity contribution >= 4 is 12.4 Å². The third-order valence-corrected chi connectivity index (χ3v) is 2.11. The first-order valence-electron chi connectivity index (χ1n) is 5.26. The molecular formula is C13H18ClNO2. The molecule has 1 N–H and O–H groups in total. The molecular weight excluding hydrogens is 238 g/mol. The molecule has 0 unspecified atom stereocenters. The zero-order chi connectivity index (χ0) is 11.8. The maximum Gasteiger partial charge on any atom is 0.165 e. The van der Waals surface area contributed by atoms with Gasteiger partial charge in [-0.3, -0.25) is 0 Å². The van der Waals surface area contributed by atoms with Crippen LogP contribution in [0.15, 0.2) is 18.2 Å². The minimum Gasteiger partial charge on any atom is -0.493 e. The van der Waals surface area contributed by atoms with E-state index in [1.807, 2.05) is 25.1 Å². The van der Waals surface area contributed by atoms with E-state index in [-0.39, 0.29) is 12.4 Å². The molecule has 94 valence electrons. The molecule has 0 atom stereocenters. The summed E-state index contributed by atoms with van der Waals surface area (Å²) in [6.45, 7) is 3.78. The first-order valence-corrected chi connectivity index (χ1v) is 5.26. The number of hydrogen-bond donors (Lipinski definition) is 1. The Kier molecular flexibility index (Phi) is 8.04. The summed E-state index contributed by atoms with van der Waals surface area (Å²) in [6.07, 6.45) is 5.18.